The number of rotatable bonds is 5. The first-order valence-electron chi connectivity index (χ1n) is 10.3. The lowest BCUT2D eigenvalue weighted by molar-refractivity contribution is -0.122. The molecule has 2 aliphatic rings. The Morgan fingerprint density at radius 3 is 2.25 bits per heavy atom. The van der Waals surface area contributed by atoms with Crippen molar-refractivity contribution >= 4 is 27.3 Å². The number of morpholine rings is 1. The number of thiophene rings is 1. The minimum atomic E-state index is -3.54. The van der Waals surface area contributed by atoms with Crippen molar-refractivity contribution < 1.29 is 22.7 Å². The van der Waals surface area contributed by atoms with Crippen LogP contribution in [0.4, 0.5) is 0 Å². The van der Waals surface area contributed by atoms with E-state index in [4.69, 9.17) is 9.47 Å². The second-order valence-electron chi connectivity index (χ2n) is 7.57. The maximum Gasteiger partial charge on any atom is 0.252 e. The Kier molecular flexibility index (Phi) is 5.73. The van der Waals surface area contributed by atoms with E-state index in [2.05, 4.69) is 5.32 Å². The molecule has 0 saturated carbocycles. The molecule has 1 amide bonds. The number of fused-ring (bicyclic) bond motifs is 2. The molecule has 0 unspecified atom stereocenters. The summed E-state index contributed by atoms with van der Waals surface area (Å²) in [6.07, 6.45) is 0. The van der Waals surface area contributed by atoms with Crippen LogP contribution in [-0.2, 0) is 26.1 Å². The Morgan fingerprint density at radius 1 is 0.969 bits per heavy atom. The van der Waals surface area contributed by atoms with Gasteiger partial charge in [0.25, 0.3) is 10.0 Å². The normalized spacial score (nSPS) is 16.6. The Bertz CT molecular complexity index is 1200. The van der Waals surface area contributed by atoms with Crippen LogP contribution < -0.4 is 10.1 Å². The SMILES string of the molecule is O=C(NCc1ccc(S(=O)(=O)N2CCOCC2)s1)C1c2ccccc2Oc2ccccc21. The molecule has 0 spiro atoms. The van der Waals surface area contributed by atoms with E-state index in [0.717, 1.165) is 16.0 Å². The Balaban J connectivity index is 1.33. The van der Waals surface area contributed by atoms with Gasteiger partial charge in [0.2, 0.25) is 5.91 Å². The van der Waals surface area contributed by atoms with Crippen LogP contribution in [0.2, 0.25) is 0 Å². The van der Waals surface area contributed by atoms with Crippen molar-refractivity contribution in [1.82, 2.24) is 9.62 Å². The highest BCUT2D eigenvalue weighted by Gasteiger charge is 2.32. The average Bonchev–Trinajstić information content (AvgIpc) is 3.31. The maximum atomic E-state index is 13.2. The quantitative estimate of drug-likeness (QED) is 0.618. The molecule has 1 aromatic heterocycles. The number of amides is 1. The summed E-state index contributed by atoms with van der Waals surface area (Å²) in [5.74, 6) is 0.689. The third kappa shape index (κ3) is 3.93. The first-order chi connectivity index (χ1) is 15.5. The molecule has 2 aliphatic heterocycles. The summed E-state index contributed by atoms with van der Waals surface area (Å²) < 4.78 is 38.6. The zero-order chi connectivity index (χ0) is 22.1. The number of para-hydroxylation sites is 2. The molecule has 2 aromatic carbocycles. The van der Waals surface area contributed by atoms with Crippen LogP contribution >= 0.6 is 11.3 Å². The zero-order valence-corrected chi connectivity index (χ0v) is 18.8. The number of carbonyl (C=O) groups excluding carboxylic acids is 1. The van der Waals surface area contributed by atoms with Gasteiger partial charge in [-0.2, -0.15) is 4.31 Å². The second-order valence-corrected chi connectivity index (χ2v) is 10.9. The van der Waals surface area contributed by atoms with Crippen LogP contribution in [0.3, 0.4) is 0 Å². The lowest BCUT2D eigenvalue weighted by Gasteiger charge is -2.27. The number of ether oxygens (including phenoxy) is 2. The molecule has 0 atom stereocenters. The van der Waals surface area contributed by atoms with Gasteiger partial charge in [-0.3, -0.25) is 4.79 Å². The molecule has 5 rings (SSSR count). The summed E-state index contributed by atoms with van der Waals surface area (Å²) in [4.78, 5) is 14.0. The maximum absolute atomic E-state index is 13.2. The molecule has 0 aliphatic carbocycles. The van der Waals surface area contributed by atoms with Crippen molar-refractivity contribution in [2.24, 2.45) is 0 Å². The van der Waals surface area contributed by atoms with E-state index in [1.54, 1.807) is 12.1 Å². The predicted octanol–water partition coefficient (Wildman–Crippen LogP) is 3.32. The van der Waals surface area contributed by atoms with Gasteiger partial charge < -0.3 is 14.8 Å². The van der Waals surface area contributed by atoms with E-state index in [0.29, 0.717) is 37.8 Å². The molecule has 9 heteroatoms. The van der Waals surface area contributed by atoms with Crippen molar-refractivity contribution in [3.05, 3.63) is 76.7 Å². The highest BCUT2D eigenvalue weighted by Crippen LogP contribution is 2.43. The standard InChI is InChI=1S/C23H22N2O5S2/c26-23(22-17-5-1-3-7-19(17)30-20-8-4-2-6-18(20)22)24-15-16-9-10-21(31-16)32(27,28)25-11-13-29-14-12-25/h1-10,22H,11-15H2,(H,24,26). The van der Waals surface area contributed by atoms with E-state index < -0.39 is 15.9 Å². The van der Waals surface area contributed by atoms with Crippen molar-refractivity contribution in [3.8, 4) is 11.5 Å². The van der Waals surface area contributed by atoms with Crippen LogP contribution in [-0.4, -0.2) is 44.9 Å². The first-order valence-corrected chi connectivity index (χ1v) is 12.6. The number of hydrogen-bond acceptors (Lipinski definition) is 6. The van der Waals surface area contributed by atoms with E-state index in [-0.39, 0.29) is 16.7 Å². The fraction of sp³-hybridized carbons (Fsp3) is 0.261. The molecule has 7 nitrogen and oxygen atoms in total. The molecule has 1 saturated heterocycles. The molecule has 0 radical (unpaired) electrons. The fourth-order valence-electron chi connectivity index (χ4n) is 3.97. The van der Waals surface area contributed by atoms with Crippen molar-refractivity contribution in [3.63, 3.8) is 0 Å². The first kappa shape index (κ1) is 21.1. The average molecular weight is 471 g/mol. The Hall–Kier alpha value is -2.72. The van der Waals surface area contributed by atoms with Gasteiger partial charge in [-0.1, -0.05) is 36.4 Å². The summed E-state index contributed by atoms with van der Waals surface area (Å²) in [6.45, 7) is 1.77. The smallest absolute Gasteiger partial charge is 0.252 e. The molecule has 1 fully saturated rings. The van der Waals surface area contributed by atoms with Gasteiger partial charge in [-0.25, -0.2) is 8.42 Å². The van der Waals surface area contributed by atoms with Crippen LogP contribution in [0.15, 0.2) is 64.9 Å². The van der Waals surface area contributed by atoms with E-state index in [9.17, 15) is 13.2 Å². The number of hydrogen-bond donors (Lipinski definition) is 1. The van der Waals surface area contributed by atoms with E-state index in [1.807, 2.05) is 48.5 Å². The molecular weight excluding hydrogens is 448 g/mol. The molecule has 0 bridgehead atoms. The number of nitrogens with one attached hydrogen (secondary N) is 1. The van der Waals surface area contributed by atoms with Gasteiger partial charge in [-0.15, -0.1) is 11.3 Å². The number of benzene rings is 2. The van der Waals surface area contributed by atoms with Crippen molar-refractivity contribution in [1.29, 1.82) is 0 Å². The highest BCUT2D eigenvalue weighted by atomic mass is 32.2. The third-order valence-electron chi connectivity index (χ3n) is 5.58. The van der Waals surface area contributed by atoms with Crippen LogP contribution in [0, 0.1) is 0 Å². The number of carbonyl (C=O) groups is 1. The summed E-state index contributed by atoms with van der Waals surface area (Å²) in [7, 11) is -3.54. The Morgan fingerprint density at radius 2 is 1.59 bits per heavy atom. The van der Waals surface area contributed by atoms with E-state index in [1.165, 1.54) is 15.6 Å². The van der Waals surface area contributed by atoms with Crippen LogP contribution in [0.5, 0.6) is 11.5 Å². The fourth-order valence-corrected chi connectivity index (χ4v) is 6.83. The van der Waals surface area contributed by atoms with Crippen molar-refractivity contribution in [2.75, 3.05) is 26.3 Å². The molecule has 3 aromatic rings. The number of nitrogens with zero attached hydrogens (tertiary/aromatic N) is 1. The topological polar surface area (TPSA) is 84.9 Å². The van der Waals surface area contributed by atoms with Gasteiger partial charge >= 0.3 is 0 Å². The number of sulfonamides is 1. The molecule has 3 heterocycles. The summed E-state index contributed by atoms with van der Waals surface area (Å²) in [5, 5.41) is 2.98. The molecule has 1 N–H and O–H groups in total. The molecule has 166 valence electrons. The van der Waals surface area contributed by atoms with Crippen molar-refractivity contribution in [2.45, 2.75) is 16.7 Å². The van der Waals surface area contributed by atoms with Gasteiger partial charge in [0, 0.05) is 29.1 Å². The van der Waals surface area contributed by atoms with Crippen LogP contribution in [0.1, 0.15) is 21.9 Å². The highest BCUT2D eigenvalue weighted by molar-refractivity contribution is 7.91. The van der Waals surface area contributed by atoms with Gasteiger partial charge in [0.1, 0.15) is 15.7 Å². The Labute approximate surface area is 190 Å². The lowest BCUT2D eigenvalue weighted by Crippen LogP contribution is -2.40. The summed E-state index contributed by atoms with van der Waals surface area (Å²) in [6, 6.07) is 18.4. The minimum absolute atomic E-state index is 0.154. The van der Waals surface area contributed by atoms with Gasteiger partial charge in [0.05, 0.1) is 25.7 Å². The molecule has 32 heavy (non-hydrogen) atoms. The predicted molar refractivity (Wildman–Crippen MR) is 121 cm³/mol. The third-order valence-corrected chi connectivity index (χ3v) is 9.03. The summed E-state index contributed by atoms with van der Waals surface area (Å²) >= 11 is 1.18. The van der Waals surface area contributed by atoms with Crippen LogP contribution in [0.25, 0.3) is 0 Å². The monoisotopic (exact) mass is 470 g/mol. The largest absolute Gasteiger partial charge is 0.457 e. The minimum Gasteiger partial charge on any atom is -0.457 e. The van der Waals surface area contributed by atoms with Gasteiger partial charge in [-0.05, 0) is 24.3 Å². The zero-order valence-electron chi connectivity index (χ0n) is 17.2. The lowest BCUT2D eigenvalue weighted by atomic mass is 9.87. The second kappa shape index (κ2) is 8.67. The van der Waals surface area contributed by atoms with Gasteiger partial charge in [0.15, 0.2) is 0 Å². The molecular formula is C23H22N2O5S2. The summed E-state index contributed by atoms with van der Waals surface area (Å²) in [5.41, 5.74) is 1.62. The van der Waals surface area contributed by atoms with E-state index >= 15 is 0 Å².